The van der Waals surface area contributed by atoms with Gasteiger partial charge in [-0.1, -0.05) is 48.5 Å². The van der Waals surface area contributed by atoms with E-state index in [4.69, 9.17) is 12.2 Å². The van der Waals surface area contributed by atoms with Gasteiger partial charge in [0.1, 0.15) is 11.7 Å². The summed E-state index contributed by atoms with van der Waals surface area (Å²) in [7, 11) is 1.82. The Labute approximate surface area is 286 Å². The highest BCUT2D eigenvalue weighted by Crippen LogP contribution is 2.43. The van der Waals surface area contributed by atoms with Gasteiger partial charge in [-0.3, -0.25) is 25.8 Å². The zero-order valence-corrected chi connectivity index (χ0v) is 28.9. The number of nitro benzene ring substituents is 1. The molecule has 0 saturated carbocycles. The van der Waals surface area contributed by atoms with Crippen LogP contribution in [-0.4, -0.2) is 98.4 Å². The van der Waals surface area contributed by atoms with Crippen LogP contribution in [0.3, 0.4) is 0 Å². The largest absolute Gasteiger partial charge is 0.353 e. The van der Waals surface area contributed by atoms with Crippen LogP contribution in [0.5, 0.6) is 0 Å². The predicted molar refractivity (Wildman–Crippen MR) is 190 cm³/mol. The van der Waals surface area contributed by atoms with Crippen LogP contribution >= 0.6 is 12.2 Å². The van der Waals surface area contributed by atoms with E-state index < -0.39 is 26.7 Å². The van der Waals surface area contributed by atoms with Crippen molar-refractivity contribution in [3.8, 4) is 11.1 Å². The number of carbonyl (C=O) groups is 1. The van der Waals surface area contributed by atoms with Gasteiger partial charge in [-0.2, -0.15) is 4.31 Å². The van der Waals surface area contributed by atoms with E-state index in [1.165, 1.54) is 12.1 Å². The van der Waals surface area contributed by atoms with E-state index in [2.05, 4.69) is 43.4 Å². The zero-order valence-electron chi connectivity index (χ0n) is 27.3. The summed E-state index contributed by atoms with van der Waals surface area (Å²) in [5.41, 5.74) is 9.46. The minimum atomic E-state index is -4.20. The maximum absolute atomic E-state index is 13.7. The van der Waals surface area contributed by atoms with Crippen LogP contribution in [0, 0.1) is 10.1 Å². The Morgan fingerprint density at radius 3 is 2.31 bits per heavy atom. The summed E-state index contributed by atoms with van der Waals surface area (Å²) in [6.07, 6.45) is 1.88. The van der Waals surface area contributed by atoms with Crippen LogP contribution in [0.4, 0.5) is 11.4 Å². The van der Waals surface area contributed by atoms with E-state index in [9.17, 15) is 23.3 Å². The van der Waals surface area contributed by atoms with Crippen LogP contribution in [0.15, 0.2) is 71.6 Å². The Morgan fingerprint density at radius 2 is 1.67 bits per heavy atom. The molecule has 48 heavy (non-hydrogen) atoms. The fraction of sp³-hybridized carbons (Fsp3) is 0.394. The summed E-state index contributed by atoms with van der Waals surface area (Å²) in [6, 6.07) is 18.5. The Kier molecular flexibility index (Phi) is 11.3. The third kappa shape index (κ3) is 7.93. The van der Waals surface area contributed by atoms with Gasteiger partial charge in [0.15, 0.2) is 5.11 Å². The van der Waals surface area contributed by atoms with Crippen LogP contribution in [0.25, 0.3) is 11.1 Å². The average Bonchev–Trinajstić information content (AvgIpc) is 3.68. The lowest BCUT2D eigenvalue weighted by molar-refractivity contribution is -0.384. The van der Waals surface area contributed by atoms with Crippen molar-refractivity contribution in [2.45, 2.75) is 36.2 Å². The van der Waals surface area contributed by atoms with Crippen molar-refractivity contribution < 1.29 is 18.1 Å². The second-order valence-corrected chi connectivity index (χ2v) is 14.6. The van der Waals surface area contributed by atoms with Gasteiger partial charge in [-0.15, -0.1) is 0 Å². The molecule has 1 heterocycles. The van der Waals surface area contributed by atoms with Gasteiger partial charge in [-0.25, -0.2) is 8.42 Å². The van der Waals surface area contributed by atoms with Gasteiger partial charge in [0.05, 0.1) is 15.9 Å². The molecule has 1 aliphatic heterocycles. The summed E-state index contributed by atoms with van der Waals surface area (Å²) in [6.45, 7) is 3.01. The molecule has 13 nitrogen and oxygen atoms in total. The molecule has 256 valence electrons. The van der Waals surface area contributed by atoms with Gasteiger partial charge < -0.3 is 20.4 Å². The molecule has 1 atom stereocenters. The first-order valence-corrected chi connectivity index (χ1v) is 17.7. The van der Waals surface area contributed by atoms with Crippen LogP contribution in [0.1, 0.15) is 36.4 Å². The number of likely N-dealkylation sites (N-methyl/N-ethyl adjacent to an activating group) is 1. The second-order valence-electron chi connectivity index (χ2n) is 12.3. The van der Waals surface area contributed by atoms with Crippen molar-refractivity contribution in [3.05, 3.63) is 88.0 Å². The summed E-state index contributed by atoms with van der Waals surface area (Å²) in [4.78, 5) is 28.5. The fourth-order valence-corrected chi connectivity index (χ4v) is 8.06. The Hall–Kier alpha value is -4.15. The maximum atomic E-state index is 13.7. The highest BCUT2D eigenvalue weighted by molar-refractivity contribution is 7.89. The molecule has 1 aliphatic carbocycles. The molecule has 1 amide bonds. The number of nitrogens with zero attached hydrogens (tertiary/aromatic N) is 4. The van der Waals surface area contributed by atoms with Crippen molar-refractivity contribution >= 4 is 44.6 Å². The number of anilines is 1. The van der Waals surface area contributed by atoms with Gasteiger partial charge in [0.25, 0.3) is 5.69 Å². The normalized spacial score (nSPS) is 16.1. The molecule has 15 heteroatoms. The second kappa shape index (κ2) is 15.4. The monoisotopic (exact) mass is 694 g/mol. The number of rotatable bonds is 14. The van der Waals surface area contributed by atoms with Crippen LogP contribution in [-0.2, 0) is 14.8 Å². The first-order chi connectivity index (χ1) is 23.0. The zero-order chi connectivity index (χ0) is 34.4. The number of sulfonamides is 1. The standard InChI is InChI=1S/C33H42N8O5S2/c1-38(2)18-9-19-39(3)21-17-34-32(42)29-14-8-20-40(29)48(45,46)23-15-16-28(30(22-23)41(43)44)36-37-33(47)35-31-26-12-6-4-10-24(26)25-11-5-7-13-27(25)31/h4-7,10-13,15-16,22,29,31,36H,8-9,14,17-21H2,1-3H3,(H,34,42)(H2,35,37,47)/t29-/m0/s1. The third-order valence-corrected chi connectivity index (χ3v) is 10.8. The molecule has 0 radical (unpaired) electrons. The first-order valence-electron chi connectivity index (χ1n) is 15.9. The Bertz CT molecular complexity index is 1720. The number of benzene rings is 3. The summed E-state index contributed by atoms with van der Waals surface area (Å²) < 4.78 is 28.5. The maximum Gasteiger partial charge on any atom is 0.295 e. The van der Waals surface area contributed by atoms with E-state index in [1.807, 2.05) is 57.5 Å². The molecule has 5 rings (SSSR count). The van der Waals surface area contributed by atoms with E-state index in [0.717, 1.165) is 52.1 Å². The Balaban J connectivity index is 1.21. The smallest absolute Gasteiger partial charge is 0.295 e. The van der Waals surface area contributed by atoms with E-state index in [1.54, 1.807) is 0 Å². The number of carbonyl (C=O) groups excluding carboxylic acids is 1. The topological polar surface area (TPSA) is 152 Å². The number of thiocarbonyl (C=S) groups is 1. The minimum absolute atomic E-state index is 0.0285. The number of nitrogens with one attached hydrogen (secondary N) is 4. The van der Waals surface area contributed by atoms with E-state index in [0.29, 0.717) is 25.9 Å². The van der Waals surface area contributed by atoms with E-state index in [-0.39, 0.29) is 34.2 Å². The molecule has 1 fully saturated rings. The van der Waals surface area contributed by atoms with Crippen LogP contribution in [0.2, 0.25) is 0 Å². The lowest BCUT2D eigenvalue weighted by Gasteiger charge is -2.24. The molecular weight excluding hydrogens is 653 g/mol. The van der Waals surface area contributed by atoms with Crippen molar-refractivity contribution in [1.82, 2.24) is 30.2 Å². The number of fused-ring (bicyclic) bond motifs is 3. The predicted octanol–water partition coefficient (Wildman–Crippen LogP) is 3.31. The number of hydrogen-bond acceptors (Lipinski definition) is 9. The number of hydrazine groups is 1. The van der Waals surface area contributed by atoms with E-state index >= 15 is 0 Å². The summed E-state index contributed by atoms with van der Waals surface area (Å²) in [5.74, 6) is -0.372. The van der Waals surface area contributed by atoms with Crippen molar-refractivity contribution in [2.24, 2.45) is 0 Å². The summed E-state index contributed by atoms with van der Waals surface area (Å²) in [5, 5.41) is 18.4. The van der Waals surface area contributed by atoms with Crippen LogP contribution < -0.4 is 21.5 Å². The molecule has 0 spiro atoms. The molecular formula is C33H42N8O5S2. The third-order valence-electron chi connectivity index (χ3n) is 8.64. The quantitative estimate of drug-likeness (QED) is 0.112. The highest BCUT2D eigenvalue weighted by atomic mass is 32.2. The molecule has 0 bridgehead atoms. The lowest BCUT2D eigenvalue weighted by atomic mass is 10.1. The first kappa shape index (κ1) is 35.2. The summed E-state index contributed by atoms with van der Waals surface area (Å²) >= 11 is 5.52. The average molecular weight is 695 g/mol. The fourth-order valence-electron chi connectivity index (χ4n) is 6.21. The SMILES string of the molecule is CN(C)CCCN(C)CCNC(=O)[C@@H]1CCCN1S(=O)(=O)c1ccc(NNC(=S)NC2c3ccccc3-c3ccccc32)c([N+](=O)[O-])c1. The number of hydrogen-bond donors (Lipinski definition) is 4. The van der Waals surface area contributed by atoms with Crippen molar-refractivity contribution in [3.63, 3.8) is 0 Å². The van der Waals surface area contributed by atoms with Gasteiger partial charge in [0, 0.05) is 25.7 Å². The molecule has 2 aliphatic rings. The minimum Gasteiger partial charge on any atom is -0.353 e. The number of amides is 1. The van der Waals surface area contributed by atoms with Gasteiger partial charge >= 0.3 is 0 Å². The van der Waals surface area contributed by atoms with Gasteiger partial charge in [-0.05, 0) is 100 Å². The van der Waals surface area contributed by atoms with Crippen molar-refractivity contribution in [2.75, 3.05) is 59.3 Å². The molecule has 4 N–H and O–H groups in total. The van der Waals surface area contributed by atoms with Crippen molar-refractivity contribution in [1.29, 1.82) is 0 Å². The Morgan fingerprint density at radius 1 is 1.00 bits per heavy atom. The lowest BCUT2D eigenvalue weighted by Crippen LogP contribution is -2.47. The molecule has 3 aromatic rings. The molecule has 0 unspecified atom stereocenters. The molecule has 3 aromatic carbocycles. The van der Waals surface area contributed by atoms with Gasteiger partial charge in [0.2, 0.25) is 15.9 Å². The molecule has 0 aromatic heterocycles. The number of nitro groups is 1. The molecule has 1 saturated heterocycles. The highest BCUT2D eigenvalue weighted by Gasteiger charge is 2.40.